The zero-order chi connectivity index (χ0) is 20.1. The topological polar surface area (TPSA) is 94.0 Å². The summed E-state index contributed by atoms with van der Waals surface area (Å²) >= 11 is 0. The minimum atomic E-state index is -0.855. The van der Waals surface area contributed by atoms with Crippen LogP contribution in [0.2, 0.25) is 0 Å². The summed E-state index contributed by atoms with van der Waals surface area (Å²) in [4.78, 5) is 46.2. The molecule has 1 aromatic rings. The average molecular weight is 388 g/mol. The number of piperidine rings is 1. The molecule has 1 N–H and O–H groups in total. The molecule has 0 aromatic carbocycles. The molecule has 0 saturated carbocycles. The molecule has 0 spiro atoms. The molecular weight excluding hydrogens is 360 g/mol. The van der Waals surface area contributed by atoms with Gasteiger partial charge in [0.15, 0.2) is 0 Å². The van der Waals surface area contributed by atoms with Crippen molar-refractivity contribution < 1.29 is 19.5 Å². The van der Waals surface area contributed by atoms with Crippen molar-refractivity contribution in [2.24, 2.45) is 5.92 Å². The van der Waals surface area contributed by atoms with Crippen molar-refractivity contribution in [3.05, 3.63) is 24.4 Å². The zero-order valence-electron chi connectivity index (χ0n) is 16.3. The van der Waals surface area contributed by atoms with Gasteiger partial charge in [-0.15, -0.1) is 0 Å². The first-order valence-electron chi connectivity index (χ1n) is 9.91. The van der Waals surface area contributed by atoms with Crippen LogP contribution in [0, 0.1) is 5.92 Å². The molecule has 2 saturated heterocycles. The van der Waals surface area contributed by atoms with Crippen LogP contribution in [0.4, 0.5) is 5.82 Å². The number of anilines is 1. The number of carboxylic acid groups (broad SMARTS) is 1. The molecule has 1 aromatic heterocycles. The van der Waals surface area contributed by atoms with Crippen molar-refractivity contribution in [2.45, 2.75) is 38.6 Å². The Balaban J connectivity index is 1.45. The van der Waals surface area contributed by atoms with E-state index in [1.807, 2.05) is 25.1 Å². The Morgan fingerprint density at radius 1 is 1.07 bits per heavy atom. The first kappa shape index (κ1) is 20.1. The molecule has 152 valence electrons. The fraction of sp³-hybridized carbons (Fsp3) is 0.600. The van der Waals surface area contributed by atoms with Crippen LogP contribution in [0.3, 0.4) is 0 Å². The summed E-state index contributed by atoms with van der Waals surface area (Å²) in [5.41, 5.74) is 0. The Bertz CT molecular complexity index is 703. The Labute approximate surface area is 165 Å². The van der Waals surface area contributed by atoms with E-state index >= 15 is 0 Å². The maximum absolute atomic E-state index is 12.5. The van der Waals surface area contributed by atoms with Gasteiger partial charge in [-0.25, -0.2) is 4.98 Å². The Morgan fingerprint density at radius 3 is 2.43 bits per heavy atom. The van der Waals surface area contributed by atoms with Gasteiger partial charge in [-0.3, -0.25) is 14.4 Å². The molecule has 2 amide bonds. The quantitative estimate of drug-likeness (QED) is 0.815. The largest absolute Gasteiger partial charge is 0.481 e. The van der Waals surface area contributed by atoms with Gasteiger partial charge in [-0.2, -0.15) is 0 Å². The van der Waals surface area contributed by atoms with Crippen molar-refractivity contribution in [1.82, 2.24) is 14.8 Å². The zero-order valence-corrected chi connectivity index (χ0v) is 16.3. The number of piperazine rings is 1. The number of pyridine rings is 1. The SMILES string of the molecule is CC1CCC(C(=O)O)CN1C(=O)CCC(=O)N1CCN(c2ccccn2)CC1. The highest BCUT2D eigenvalue weighted by Crippen LogP contribution is 2.23. The highest BCUT2D eigenvalue weighted by atomic mass is 16.4. The van der Waals surface area contributed by atoms with Gasteiger partial charge < -0.3 is 19.8 Å². The molecule has 0 bridgehead atoms. The number of carbonyl (C=O) groups is 3. The summed E-state index contributed by atoms with van der Waals surface area (Å²) in [5, 5.41) is 9.21. The lowest BCUT2D eigenvalue weighted by Crippen LogP contribution is -2.50. The van der Waals surface area contributed by atoms with Crippen LogP contribution in [-0.2, 0) is 14.4 Å². The Kier molecular flexibility index (Phi) is 6.49. The normalized spacial score (nSPS) is 22.8. The summed E-state index contributed by atoms with van der Waals surface area (Å²) in [6, 6.07) is 5.81. The number of hydrogen-bond donors (Lipinski definition) is 1. The fourth-order valence-electron chi connectivity index (χ4n) is 3.90. The first-order chi connectivity index (χ1) is 13.5. The fourth-order valence-corrected chi connectivity index (χ4v) is 3.90. The van der Waals surface area contributed by atoms with Crippen LogP contribution in [0.25, 0.3) is 0 Å². The van der Waals surface area contributed by atoms with Crippen LogP contribution in [0.15, 0.2) is 24.4 Å². The minimum Gasteiger partial charge on any atom is -0.481 e. The van der Waals surface area contributed by atoms with Gasteiger partial charge in [-0.05, 0) is 31.9 Å². The number of carboxylic acids is 1. The lowest BCUT2D eigenvalue weighted by Gasteiger charge is -2.37. The number of carbonyl (C=O) groups excluding carboxylic acids is 2. The number of nitrogens with zero attached hydrogens (tertiary/aromatic N) is 4. The standard InChI is InChI=1S/C20H28N4O4/c1-15-5-6-16(20(27)28)14-24(15)19(26)8-7-18(25)23-12-10-22(11-13-23)17-4-2-3-9-21-17/h2-4,9,15-16H,5-8,10-14H2,1H3,(H,27,28). The monoisotopic (exact) mass is 388 g/mol. The molecule has 0 aliphatic carbocycles. The third kappa shape index (κ3) is 4.79. The molecule has 2 fully saturated rings. The maximum Gasteiger partial charge on any atom is 0.308 e. The summed E-state index contributed by atoms with van der Waals surface area (Å²) in [6.07, 6.45) is 3.35. The van der Waals surface area contributed by atoms with Crippen molar-refractivity contribution in [1.29, 1.82) is 0 Å². The van der Waals surface area contributed by atoms with Gasteiger partial charge in [0, 0.05) is 57.8 Å². The number of aromatic nitrogens is 1. The van der Waals surface area contributed by atoms with E-state index in [1.165, 1.54) is 0 Å². The van der Waals surface area contributed by atoms with E-state index in [0.29, 0.717) is 25.9 Å². The van der Waals surface area contributed by atoms with E-state index < -0.39 is 11.9 Å². The highest BCUT2D eigenvalue weighted by Gasteiger charge is 2.32. The molecule has 0 radical (unpaired) electrons. The van der Waals surface area contributed by atoms with Crippen molar-refractivity contribution >= 4 is 23.6 Å². The Morgan fingerprint density at radius 2 is 1.79 bits per heavy atom. The van der Waals surface area contributed by atoms with E-state index in [-0.39, 0.29) is 37.2 Å². The van der Waals surface area contributed by atoms with Crippen molar-refractivity contribution in [3.8, 4) is 0 Å². The van der Waals surface area contributed by atoms with E-state index in [1.54, 1.807) is 16.0 Å². The van der Waals surface area contributed by atoms with E-state index in [0.717, 1.165) is 18.9 Å². The number of amides is 2. The van der Waals surface area contributed by atoms with Crippen molar-refractivity contribution in [3.63, 3.8) is 0 Å². The summed E-state index contributed by atoms with van der Waals surface area (Å²) in [7, 11) is 0. The van der Waals surface area contributed by atoms with Crippen LogP contribution >= 0.6 is 0 Å². The molecule has 2 atom stereocenters. The molecule has 3 rings (SSSR count). The van der Waals surface area contributed by atoms with Crippen LogP contribution in [0.5, 0.6) is 0 Å². The molecule has 2 aliphatic heterocycles. The second-order valence-electron chi connectivity index (χ2n) is 7.56. The summed E-state index contributed by atoms with van der Waals surface area (Å²) in [5.74, 6) is -0.591. The van der Waals surface area contributed by atoms with Gasteiger partial charge in [0.05, 0.1) is 5.92 Å². The number of rotatable bonds is 5. The number of likely N-dealkylation sites (tertiary alicyclic amines) is 1. The predicted octanol–water partition coefficient (Wildman–Crippen LogP) is 1.22. The van der Waals surface area contributed by atoms with Gasteiger partial charge >= 0.3 is 5.97 Å². The Hall–Kier alpha value is -2.64. The average Bonchev–Trinajstić information content (AvgIpc) is 2.72. The van der Waals surface area contributed by atoms with Gasteiger partial charge in [0.2, 0.25) is 11.8 Å². The second kappa shape index (κ2) is 9.03. The smallest absolute Gasteiger partial charge is 0.308 e. The third-order valence-corrected chi connectivity index (χ3v) is 5.71. The van der Waals surface area contributed by atoms with Crippen LogP contribution < -0.4 is 4.90 Å². The third-order valence-electron chi connectivity index (χ3n) is 5.71. The van der Waals surface area contributed by atoms with Crippen molar-refractivity contribution in [2.75, 3.05) is 37.6 Å². The summed E-state index contributed by atoms with van der Waals surface area (Å²) in [6.45, 7) is 4.86. The molecule has 28 heavy (non-hydrogen) atoms. The molecule has 2 aliphatic rings. The predicted molar refractivity (Wildman–Crippen MR) is 104 cm³/mol. The molecule has 8 heteroatoms. The van der Waals surface area contributed by atoms with Gasteiger partial charge in [-0.1, -0.05) is 6.07 Å². The lowest BCUT2D eigenvalue weighted by atomic mass is 9.93. The van der Waals surface area contributed by atoms with Gasteiger partial charge in [0.25, 0.3) is 0 Å². The molecular formula is C20H28N4O4. The second-order valence-corrected chi connectivity index (χ2v) is 7.56. The molecule has 8 nitrogen and oxygen atoms in total. The van der Waals surface area contributed by atoms with Gasteiger partial charge in [0.1, 0.15) is 5.82 Å². The number of aliphatic carboxylic acids is 1. The van der Waals surface area contributed by atoms with E-state index in [9.17, 15) is 19.5 Å². The van der Waals surface area contributed by atoms with E-state index in [2.05, 4.69) is 9.88 Å². The van der Waals surface area contributed by atoms with E-state index in [4.69, 9.17) is 0 Å². The van der Waals surface area contributed by atoms with Crippen LogP contribution in [-0.4, -0.2) is 76.4 Å². The molecule has 3 heterocycles. The van der Waals surface area contributed by atoms with Crippen LogP contribution in [0.1, 0.15) is 32.6 Å². The number of hydrogen-bond acceptors (Lipinski definition) is 5. The maximum atomic E-state index is 12.5. The lowest BCUT2D eigenvalue weighted by molar-refractivity contribution is -0.148. The minimum absolute atomic E-state index is 0.0199. The highest BCUT2D eigenvalue weighted by molar-refractivity contribution is 5.84. The first-order valence-corrected chi connectivity index (χ1v) is 9.91. The molecule has 2 unspecified atom stereocenters. The summed E-state index contributed by atoms with van der Waals surface area (Å²) < 4.78 is 0.